The quantitative estimate of drug-likeness (QED) is 0.779. The van der Waals surface area contributed by atoms with Gasteiger partial charge in [-0.3, -0.25) is 0 Å². The molecule has 1 fully saturated rings. The molecular weight excluding hydrogens is 254 g/mol. The van der Waals surface area contributed by atoms with E-state index in [1.807, 2.05) is 31.3 Å². The van der Waals surface area contributed by atoms with Gasteiger partial charge in [-0.1, -0.05) is 25.0 Å². The smallest absolute Gasteiger partial charge is 0.161 e. The number of rotatable bonds is 7. The van der Waals surface area contributed by atoms with Gasteiger partial charge in [0.25, 0.3) is 0 Å². The van der Waals surface area contributed by atoms with Gasteiger partial charge < -0.3 is 19.5 Å². The number of benzene rings is 1. The highest BCUT2D eigenvalue weighted by atomic mass is 16.5. The molecule has 0 bridgehead atoms. The third-order valence-corrected chi connectivity index (χ3v) is 3.82. The zero-order chi connectivity index (χ0) is 14.2. The molecule has 1 aliphatic rings. The van der Waals surface area contributed by atoms with Crippen LogP contribution < -0.4 is 14.8 Å². The largest absolute Gasteiger partial charge is 0.493 e. The fourth-order valence-corrected chi connectivity index (χ4v) is 2.72. The van der Waals surface area contributed by atoms with Crippen molar-refractivity contribution in [3.05, 3.63) is 24.3 Å². The predicted molar refractivity (Wildman–Crippen MR) is 79.5 cm³/mol. The molecule has 0 aromatic heterocycles. The van der Waals surface area contributed by atoms with Gasteiger partial charge in [-0.25, -0.2) is 0 Å². The fraction of sp³-hybridized carbons (Fsp3) is 0.625. The summed E-state index contributed by atoms with van der Waals surface area (Å²) in [4.78, 5) is 0. The third-order valence-electron chi connectivity index (χ3n) is 3.82. The van der Waals surface area contributed by atoms with Crippen molar-refractivity contribution in [1.82, 2.24) is 5.32 Å². The predicted octanol–water partition coefficient (Wildman–Crippen LogP) is 2.62. The van der Waals surface area contributed by atoms with Crippen LogP contribution in [-0.2, 0) is 4.74 Å². The van der Waals surface area contributed by atoms with Crippen molar-refractivity contribution in [2.45, 2.75) is 37.8 Å². The van der Waals surface area contributed by atoms with E-state index in [2.05, 4.69) is 5.32 Å². The summed E-state index contributed by atoms with van der Waals surface area (Å²) in [5, 5.41) is 3.35. The van der Waals surface area contributed by atoms with E-state index in [1.165, 1.54) is 19.3 Å². The molecular formula is C16H25NO3. The van der Waals surface area contributed by atoms with Gasteiger partial charge in [-0.15, -0.1) is 0 Å². The molecule has 0 saturated heterocycles. The molecule has 20 heavy (non-hydrogen) atoms. The van der Waals surface area contributed by atoms with Crippen molar-refractivity contribution in [1.29, 1.82) is 0 Å². The lowest BCUT2D eigenvalue weighted by atomic mass is 9.92. The monoisotopic (exact) mass is 279 g/mol. The van der Waals surface area contributed by atoms with Crippen molar-refractivity contribution in [3.63, 3.8) is 0 Å². The molecule has 4 heteroatoms. The van der Waals surface area contributed by atoms with Gasteiger partial charge in [-0.05, 0) is 32.0 Å². The molecule has 2 unspecified atom stereocenters. The summed E-state index contributed by atoms with van der Waals surface area (Å²) >= 11 is 0. The highest BCUT2D eigenvalue weighted by molar-refractivity contribution is 5.39. The average Bonchev–Trinajstić information content (AvgIpc) is 2.52. The highest BCUT2D eigenvalue weighted by Crippen LogP contribution is 2.26. The number of nitrogens with one attached hydrogen (secondary N) is 1. The first-order valence-electron chi connectivity index (χ1n) is 7.40. The Labute approximate surface area is 121 Å². The number of ether oxygens (including phenoxy) is 3. The van der Waals surface area contributed by atoms with E-state index < -0.39 is 0 Å². The Balaban J connectivity index is 1.73. The Hall–Kier alpha value is -1.26. The van der Waals surface area contributed by atoms with Gasteiger partial charge in [0.05, 0.1) is 19.8 Å². The second kappa shape index (κ2) is 8.12. The summed E-state index contributed by atoms with van der Waals surface area (Å²) in [5.74, 6) is 1.53. The van der Waals surface area contributed by atoms with E-state index in [0.717, 1.165) is 17.9 Å². The van der Waals surface area contributed by atoms with Crippen molar-refractivity contribution >= 4 is 0 Å². The molecule has 1 aliphatic carbocycles. The van der Waals surface area contributed by atoms with Crippen LogP contribution >= 0.6 is 0 Å². The molecule has 2 atom stereocenters. The molecule has 0 spiro atoms. The van der Waals surface area contributed by atoms with Crippen LogP contribution in [0.25, 0.3) is 0 Å². The normalized spacial score (nSPS) is 22.5. The van der Waals surface area contributed by atoms with Crippen molar-refractivity contribution in [3.8, 4) is 11.5 Å². The standard InChI is InChI=1S/C16H25NO3/c1-17-13-7-3-4-8-14(13)19-11-12-20-16-10-6-5-9-15(16)18-2/h5-6,9-10,13-14,17H,3-4,7-8,11-12H2,1-2H3. The highest BCUT2D eigenvalue weighted by Gasteiger charge is 2.24. The van der Waals surface area contributed by atoms with Crippen molar-refractivity contribution in [2.75, 3.05) is 27.4 Å². The number of hydrogen-bond acceptors (Lipinski definition) is 4. The molecule has 1 aromatic carbocycles. The first kappa shape index (κ1) is 15.1. The van der Waals surface area contributed by atoms with Gasteiger partial charge in [0.15, 0.2) is 11.5 Å². The maximum atomic E-state index is 5.95. The van der Waals surface area contributed by atoms with Crippen molar-refractivity contribution < 1.29 is 14.2 Å². The second-order valence-corrected chi connectivity index (χ2v) is 5.09. The number of hydrogen-bond donors (Lipinski definition) is 1. The second-order valence-electron chi connectivity index (χ2n) is 5.09. The van der Waals surface area contributed by atoms with E-state index in [9.17, 15) is 0 Å². The molecule has 4 nitrogen and oxygen atoms in total. The number of para-hydroxylation sites is 2. The first-order valence-corrected chi connectivity index (χ1v) is 7.40. The van der Waals surface area contributed by atoms with Crippen LogP contribution in [0.4, 0.5) is 0 Å². The molecule has 0 amide bonds. The van der Waals surface area contributed by atoms with Crippen LogP contribution in [0, 0.1) is 0 Å². The minimum Gasteiger partial charge on any atom is -0.493 e. The van der Waals surface area contributed by atoms with Crippen LogP contribution in [0.5, 0.6) is 11.5 Å². The summed E-state index contributed by atoms with van der Waals surface area (Å²) < 4.78 is 16.9. The van der Waals surface area contributed by atoms with Gasteiger partial charge in [0.2, 0.25) is 0 Å². The van der Waals surface area contributed by atoms with E-state index >= 15 is 0 Å². The van der Waals surface area contributed by atoms with E-state index in [4.69, 9.17) is 14.2 Å². The maximum absolute atomic E-state index is 5.95. The lowest BCUT2D eigenvalue weighted by Gasteiger charge is -2.31. The number of likely N-dealkylation sites (N-methyl/N-ethyl adjacent to an activating group) is 1. The molecule has 1 saturated carbocycles. The van der Waals surface area contributed by atoms with E-state index in [0.29, 0.717) is 25.4 Å². The van der Waals surface area contributed by atoms with Crippen LogP contribution in [0.1, 0.15) is 25.7 Å². The Morgan fingerprint density at radius 2 is 1.85 bits per heavy atom. The summed E-state index contributed by atoms with van der Waals surface area (Å²) in [6.07, 6.45) is 5.21. The summed E-state index contributed by atoms with van der Waals surface area (Å²) in [7, 11) is 3.66. The number of methoxy groups -OCH3 is 1. The maximum Gasteiger partial charge on any atom is 0.161 e. The van der Waals surface area contributed by atoms with E-state index in [-0.39, 0.29) is 0 Å². The molecule has 0 aliphatic heterocycles. The minimum atomic E-state index is 0.315. The van der Waals surface area contributed by atoms with Crippen LogP contribution in [0.15, 0.2) is 24.3 Å². The van der Waals surface area contributed by atoms with Crippen LogP contribution in [0.2, 0.25) is 0 Å². The Bertz CT molecular complexity index is 397. The van der Waals surface area contributed by atoms with Gasteiger partial charge in [0.1, 0.15) is 6.61 Å². The molecule has 1 aromatic rings. The zero-order valence-corrected chi connectivity index (χ0v) is 12.4. The Morgan fingerprint density at radius 3 is 2.60 bits per heavy atom. The lowest BCUT2D eigenvalue weighted by molar-refractivity contribution is -0.00585. The average molecular weight is 279 g/mol. The Morgan fingerprint density at radius 1 is 1.10 bits per heavy atom. The van der Waals surface area contributed by atoms with Gasteiger partial charge in [0, 0.05) is 6.04 Å². The topological polar surface area (TPSA) is 39.7 Å². The molecule has 0 radical (unpaired) electrons. The molecule has 0 heterocycles. The minimum absolute atomic E-state index is 0.315. The van der Waals surface area contributed by atoms with Crippen LogP contribution in [0.3, 0.4) is 0 Å². The van der Waals surface area contributed by atoms with Gasteiger partial charge in [-0.2, -0.15) is 0 Å². The first-order chi connectivity index (χ1) is 9.85. The van der Waals surface area contributed by atoms with Gasteiger partial charge >= 0.3 is 0 Å². The molecule has 2 rings (SSSR count). The summed E-state index contributed by atoms with van der Waals surface area (Å²) in [6, 6.07) is 8.16. The summed E-state index contributed by atoms with van der Waals surface area (Å²) in [6.45, 7) is 1.16. The Kier molecular flexibility index (Phi) is 6.15. The van der Waals surface area contributed by atoms with E-state index in [1.54, 1.807) is 7.11 Å². The summed E-state index contributed by atoms with van der Waals surface area (Å²) in [5.41, 5.74) is 0. The molecule has 1 N–H and O–H groups in total. The SMILES string of the molecule is CNC1CCCCC1OCCOc1ccccc1OC. The molecule has 112 valence electrons. The fourth-order valence-electron chi connectivity index (χ4n) is 2.72. The van der Waals surface area contributed by atoms with Crippen molar-refractivity contribution in [2.24, 2.45) is 0 Å². The third kappa shape index (κ3) is 4.12. The van der Waals surface area contributed by atoms with Crippen LogP contribution in [-0.4, -0.2) is 39.5 Å². The zero-order valence-electron chi connectivity index (χ0n) is 12.4. The lowest BCUT2D eigenvalue weighted by Crippen LogP contribution is -2.42.